The van der Waals surface area contributed by atoms with E-state index in [1.165, 1.54) is 18.2 Å². The van der Waals surface area contributed by atoms with Gasteiger partial charge in [0, 0.05) is 6.54 Å². The molecule has 1 amide bonds. The van der Waals surface area contributed by atoms with Crippen molar-refractivity contribution in [3.05, 3.63) is 58.3 Å². The molecule has 0 bridgehead atoms. The van der Waals surface area contributed by atoms with Gasteiger partial charge < -0.3 is 14.8 Å². The summed E-state index contributed by atoms with van der Waals surface area (Å²) in [4.78, 5) is 12.2. The van der Waals surface area contributed by atoms with Gasteiger partial charge >= 0.3 is 0 Å². The van der Waals surface area contributed by atoms with Gasteiger partial charge in [0.25, 0.3) is 5.91 Å². The molecule has 0 aliphatic rings. The van der Waals surface area contributed by atoms with E-state index in [0.29, 0.717) is 23.4 Å². The summed E-state index contributed by atoms with van der Waals surface area (Å²) in [5.41, 5.74) is 0.965. The summed E-state index contributed by atoms with van der Waals surface area (Å²) in [7, 11) is 0. The fourth-order valence-electron chi connectivity index (χ4n) is 2.07. The van der Waals surface area contributed by atoms with Crippen LogP contribution >= 0.6 is 15.9 Å². The van der Waals surface area contributed by atoms with Crippen LogP contribution in [-0.4, -0.2) is 18.6 Å². The molecule has 0 saturated heterocycles. The van der Waals surface area contributed by atoms with Crippen molar-refractivity contribution in [2.75, 3.05) is 6.61 Å². The number of rotatable bonds is 8. The van der Waals surface area contributed by atoms with Gasteiger partial charge in [0.2, 0.25) is 0 Å². The summed E-state index contributed by atoms with van der Waals surface area (Å²) in [5.74, 6) is 0.612. The number of benzene rings is 2. The highest BCUT2D eigenvalue weighted by Crippen LogP contribution is 2.26. The largest absolute Gasteiger partial charge is 0.494 e. The van der Waals surface area contributed by atoms with Gasteiger partial charge in [-0.15, -0.1) is 0 Å². The number of nitrogens with one attached hydrogen (secondary N) is 1. The van der Waals surface area contributed by atoms with Gasteiger partial charge in [-0.25, -0.2) is 4.39 Å². The number of carbonyl (C=O) groups excluding carboxylic acids is 1. The Morgan fingerprint density at radius 3 is 2.60 bits per heavy atom. The zero-order valence-corrected chi connectivity index (χ0v) is 15.8. The van der Waals surface area contributed by atoms with Crippen molar-refractivity contribution in [1.82, 2.24) is 5.32 Å². The molecule has 25 heavy (non-hydrogen) atoms. The summed E-state index contributed by atoms with van der Waals surface area (Å²) in [6.07, 6.45) is 0.258. The molecule has 0 aliphatic carbocycles. The van der Waals surface area contributed by atoms with E-state index in [-0.39, 0.29) is 11.7 Å². The van der Waals surface area contributed by atoms with Crippen LogP contribution in [-0.2, 0) is 11.3 Å². The van der Waals surface area contributed by atoms with Crippen LogP contribution in [0.3, 0.4) is 0 Å². The van der Waals surface area contributed by atoms with Crippen molar-refractivity contribution in [1.29, 1.82) is 0 Å². The molecule has 4 nitrogen and oxygen atoms in total. The molecule has 0 aliphatic heterocycles. The molecule has 1 unspecified atom stereocenters. The normalized spacial score (nSPS) is 11.7. The van der Waals surface area contributed by atoms with Crippen LogP contribution in [0.2, 0.25) is 0 Å². The lowest BCUT2D eigenvalue weighted by Gasteiger charge is -2.16. The van der Waals surface area contributed by atoms with E-state index in [9.17, 15) is 9.18 Å². The fourth-order valence-corrected chi connectivity index (χ4v) is 2.52. The molecule has 1 atom stereocenters. The molecule has 6 heteroatoms. The second-order valence-corrected chi connectivity index (χ2v) is 6.40. The topological polar surface area (TPSA) is 47.6 Å². The molecule has 0 heterocycles. The minimum absolute atomic E-state index is 0.248. The van der Waals surface area contributed by atoms with Gasteiger partial charge in [0.1, 0.15) is 17.3 Å². The Hall–Kier alpha value is -2.08. The number of carbonyl (C=O) groups is 1. The van der Waals surface area contributed by atoms with Crippen molar-refractivity contribution in [2.24, 2.45) is 0 Å². The maximum Gasteiger partial charge on any atom is 0.261 e. The predicted molar refractivity (Wildman–Crippen MR) is 98.3 cm³/mol. The Labute approximate surface area is 155 Å². The highest BCUT2D eigenvalue weighted by molar-refractivity contribution is 9.10. The SMILES string of the molecule is CCCOc1ccc(CNC(=O)C(C)Oc2ccc(F)cc2Br)cc1. The summed E-state index contributed by atoms with van der Waals surface area (Å²) in [5, 5.41) is 2.82. The summed E-state index contributed by atoms with van der Waals surface area (Å²) >= 11 is 3.22. The van der Waals surface area contributed by atoms with Gasteiger partial charge in [0.15, 0.2) is 6.10 Å². The maximum absolute atomic E-state index is 13.1. The van der Waals surface area contributed by atoms with E-state index >= 15 is 0 Å². The number of ether oxygens (including phenoxy) is 2. The molecule has 0 aromatic heterocycles. The van der Waals surface area contributed by atoms with E-state index in [1.807, 2.05) is 24.3 Å². The number of hydrogen-bond donors (Lipinski definition) is 1. The van der Waals surface area contributed by atoms with Gasteiger partial charge in [0.05, 0.1) is 11.1 Å². The molecule has 0 saturated carbocycles. The van der Waals surface area contributed by atoms with Crippen LogP contribution in [0.25, 0.3) is 0 Å². The van der Waals surface area contributed by atoms with Gasteiger partial charge in [-0.3, -0.25) is 4.79 Å². The van der Waals surface area contributed by atoms with E-state index < -0.39 is 6.10 Å². The zero-order valence-electron chi connectivity index (χ0n) is 14.2. The first-order valence-corrected chi connectivity index (χ1v) is 8.90. The third-order valence-electron chi connectivity index (χ3n) is 3.43. The Morgan fingerprint density at radius 1 is 1.24 bits per heavy atom. The van der Waals surface area contributed by atoms with Crippen LogP contribution in [0.1, 0.15) is 25.8 Å². The van der Waals surface area contributed by atoms with E-state index in [1.54, 1.807) is 6.92 Å². The zero-order chi connectivity index (χ0) is 18.2. The molecule has 2 rings (SSSR count). The molecule has 0 radical (unpaired) electrons. The smallest absolute Gasteiger partial charge is 0.261 e. The van der Waals surface area contributed by atoms with Gasteiger partial charge in [-0.05, 0) is 65.2 Å². The van der Waals surface area contributed by atoms with Crippen LogP contribution in [0.15, 0.2) is 46.9 Å². The van der Waals surface area contributed by atoms with Crippen molar-refractivity contribution in [2.45, 2.75) is 32.9 Å². The lowest BCUT2D eigenvalue weighted by molar-refractivity contribution is -0.127. The highest BCUT2D eigenvalue weighted by Gasteiger charge is 2.16. The quantitative estimate of drug-likeness (QED) is 0.699. The summed E-state index contributed by atoms with van der Waals surface area (Å²) in [6, 6.07) is 11.6. The minimum atomic E-state index is -0.700. The average Bonchev–Trinajstić information content (AvgIpc) is 2.61. The molecule has 2 aromatic carbocycles. The number of amides is 1. The molecule has 1 N–H and O–H groups in total. The van der Waals surface area contributed by atoms with E-state index in [2.05, 4.69) is 28.2 Å². The standard InChI is InChI=1S/C19H21BrFNO3/c1-3-10-24-16-7-4-14(5-8-16)12-22-19(23)13(2)25-18-9-6-15(21)11-17(18)20/h4-9,11,13H,3,10,12H2,1-2H3,(H,22,23). The molecular formula is C19H21BrFNO3. The first-order valence-electron chi connectivity index (χ1n) is 8.10. The first kappa shape index (κ1) is 19.2. The predicted octanol–water partition coefficient (Wildman–Crippen LogP) is 4.46. The minimum Gasteiger partial charge on any atom is -0.494 e. The van der Waals surface area contributed by atoms with Crippen molar-refractivity contribution in [3.8, 4) is 11.5 Å². The fraction of sp³-hybridized carbons (Fsp3) is 0.316. The average molecular weight is 410 g/mol. The molecule has 0 fully saturated rings. The second kappa shape index (κ2) is 9.42. The Kier molecular flexibility index (Phi) is 7.25. The Balaban J connectivity index is 1.84. The van der Waals surface area contributed by atoms with Crippen LogP contribution in [0, 0.1) is 5.82 Å². The summed E-state index contributed by atoms with van der Waals surface area (Å²) < 4.78 is 24.6. The summed E-state index contributed by atoms with van der Waals surface area (Å²) in [6.45, 7) is 4.78. The van der Waals surface area contributed by atoms with Crippen molar-refractivity contribution in [3.63, 3.8) is 0 Å². The monoisotopic (exact) mass is 409 g/mol. The second-order valence-electron chi connectivity index (χ2n) is 5.55. The number of hydrogen-bond acceptors (Lipinski definition) is 3. The third-order valence-corrected chi connectivity index (χ3v) is 4.05. The van der Waals surface area contributed by atoms with Crippen LogP contribution in [0.4, 0.5) is 4.39 Å². The molecule has 134 valence electrons. The lowest BCUT2D eigenvalue weighted by atomic mass is 10.2. The van der Waals surface area contributed by atoms with Gasteiger partial charge in [-0.1, -0.05) is 19.1 Å². The molecular weight excluding hydrogens is 389 g/mol. The molecule has 2 aromatic rings. The van der Waals surface area contributed by atoms with Crippen LogP contribution < -0.4 is 14.8 Å². The molecule has 0 spiro atoms. The van der Waals surface area contributed by atoms with E-state index in [0.717, 1.165) is 17.7 Å². The Bertz CT molecular complexity index is 706. The van der Waals surface area contributed by atoms with Crippen molar-refractivity contribution >= 4 is 21.8 Å². The highest BCUT2D eigenvalue weighted by atomic mass is 79.9. The van der Waals surface area contributed by atoms with E-state index in [4.69, 9.17) is 9.47 Å². The first-order chi connectivity index (χ1) is 12.0. The maximum atomic E-state index is 13.1. The van der Waals surface area contributed by atoms with Crippen LogP contribution in [0.5, 0.6) is 11.5 Å². The third kappa shape index (κ3) is 6.05. The number of halogens is 2. The van der Waals surface area contributed by atoms with Gasteiger partial charge in [-0.2, -0.15) is 0 Å². The Morgan fingerprint density at radius 2 is 1.96 bits per heavy atom. The lowest BCUT2D eigenvalue weighted by Crippen LogP contribution is -2.35. The van der Waals surface area contributed by atoms with Crippen molar-refractivity contribution < 1.29 is 18.7 Å².